The van der Waals surface area contributed by atoms with Gasteiger partial charge in [0.25, 0.3) is 0 Å². The fourth-order valence-corrected chi connectivity index (χ4v) is 4.20. The summed E-state index contributed by atoms with van der Waals surface area (Å²) in [5.41, 5.74) is 6.17. The van der Waals surface area contributed by atoms with E-state index in [2.05, 4.69) is 5.32 Å². The molecule has 0 radical (unpaired) electrons. The van der Waals surface area contributed by atoms with Crippen molar-refractivity contribution in [1.29, 1.82) is 0 Å². The highest BCUT2D eigenvalue weighted by atomic mass is 19.1. The molecule has 2 heterocycles. The molecule has 0 saturated heterocycles. The molecule has 1 aliphatic heterocycles. The molecule has 5 rings (SSSR count). The molecule has 1 fully saturated rings. The summed E-state index contributed by atoms with van der Waals surface area (Å²) >= 11 is 0. The Kier molecular flexibility index (Phi) is 3.77. The number of aromatic carboxylic acids is 1. The number of halogens is 1. The Hall–Kier alpha value is -3.55. The first-order valence-corrected chi connectivity index (χ1v) is 9.43. The van der Waals surface area contributed by atoms with Gasteiger partial charge in [-0.05, 0) is 31.0 Å². The molecule has 0 amide bonds. The lowest BCUT2D eigenvalue weighted by atomic mass is 10.1. The maximum absolute atomic E-state index is 15.1. The second-order valence-electron chi connectivity index (χ2n) is 7.46. The molecule has 1 saturated carbocycles. The van der Waals surface area contributed by atoms with Gasteiger partial charge >= 0.3 is 5.97 Å². The Morgan fingerprint density at radius 1 is 1.28 bits per heavy atom. The summed E-state index contributed by atoms with van der Waals surface area (Å²) in [6.07, 6.45) is 5.23. The molecule has 0 atom stereocenters. The zero-order chi connectivity index (χ0) is 20.3. The zero-order valence-electron chi connectivity index (χ0n) is 15.4. The first-order chi connectivity index (χ1) is 13.9. The van der Waals surface area contributed by atoms with Crippen LogP contribution in [0.2, 0.25) is 0 Å². The second-order valence-corrected chi connectivity index (χ2v) is 7.46. The number of aromatic nitrogens is 1. The molecule has 1 aromatic heterocycles. The number of anilines is 2. The van der Waals surface area contributed by atoms with Crippen LogP contribution in [0.5, 0.6) is 11.5 Å². The standard InChI is InChI=1S/C21H18FN3O4/c22-14-8-12-18-20(17(14)24-11-3-1-2-4-11)29-16-7-10(23)5-6-15(16)25(18)9-13(19(12)26)21(27)28/h5-9,11,24H,1-4,23H2,(H,27,28). The number of carbonyl (C=O) groups is 1. The van der Waals surface area contributed by atoms with E-state index in [1.807, 2.05) is 0 Å². The molecule has 2 aromatic carbocycles. The van der Waals surface area contributed by atoms with Crippen LogP contribution in [0.15, 0.2) is 35.3 Å². The van der Waals surface area contributed by atoms with Crippen LogP contribution in [-0.4, -0.2) is 21.7 Å². The van der Waals surface area contributed by atoms with Crippen LogP contribution in [0, 0.1) is 5.82 Å². The number of fused-ring (bicyclic) bond motifs is 2. The maximum atomic E-state index is 15.1. The van der Waals surface area contributed by atoms with Gasteiger partial charge in [0.2, 0.25) is 5.43 Å². The van der Waals surface area contributed by atoms with Crippen LogP contribution in [0.3, 0.4) is 0 Å². The number of hydrogen-bond acceptors (Lipinski definition) is 5. The Labute approximate surface area is 164 Å². The van der Waals surface area contributed by atoms with Gasteiger partial charge in [-0.2, -0.15) is 0 Å². The van der Waals surface area contributed by atoms with E-state index in [4.69, 9.17) is 10.5 Å². The highest BCUT2D eigenvalue weighted by Gasteiger charge is 2.29. The predicted octanol–water partition coefficient (Wildman–Crippen LogP) is 3.87. The van der Waals surface area contributed by atoms with Crippen LogP contribution in [-0.2, 0) is 0 Å². The average molecular weight is 395 g/mol. The van der Waals surface area contributed by atoms with E-state index >= 15 is 4.39 Å². The van der Waals surface area contributed by atoms with Crippen molar-refractivity contribution >= 4 is 28.2 Å². The van der Waals surface area contributed by atoms with Gasteiger partial charge in [0.05, 0.1) is 11.1 Å². The zero-order valence-corrected chi connectivity index (χ0v) is 15.4. The fraction of sp³-hybridized carbons (Fsp3) is 0.238. The molecule has 1 aliphatic carbocycles. The first kappa shape index (κ1) is 17.5. The lowest BCUT2D eigenvalue weighted by Gasteiger charge is -2.27. The molecule has 2 aliphatic rings. The van der Waals surface area contributed by atoms with E-state index in [1.54, 1.807) is 22.8 Å². The highest BCUT2D eigenvalue weighted by Crippen LogP contribution is 2.46. The Balaban J connectivity index is 1.86. The summed E-state index contributed by atoms with van der Waals surface area (Å²) in [6.45, 7) is 0. The number of carboxylic acids is 1. The van der Waals surface area contributed by atoms with Crippen molar-refractivity contribution in [2.45, 2.75) is 31.7 Å². The normalized spacial score (nSPS) is 15.2. The van der Waals surface area contributed by atoms with Gasteiger partial charge in [-0.25, -0.2) is 9.18 Å². The van der Waals surface area contributed by atoms with Crippen LogP contribution < -0.4 is 21.2 Å². The Morgan fingerprint density at radius 2 is 2.03 bits per heavy atom. The molecule has 0 unspecified atom stereocenters. The van der Waals surface area contributed by atoms with E-state index in [0.717, 1.165) is 31.7 Å². The minimum absolute atomic E-state index is 0.0446. The molecule has 29 heavy (non-hydrogen) atoms. The van der Waals surface area contributed by atoms with Gasteiger partial charge in [-0.3, -0.25) is 4.79 Å². The number of ether oxygens (including phenoxy) is 1. The lowest BCUT2D eigenvalue weighted by Crippen LogP contribution is -2.22. The van der Waals surface area contributed by atoms with Gasteiger partial charge in [0.1, 0.15) is 16.8 Å². The molecule has 0 bridgehead atoms. The molecule has 148 valence electrons. The average Bonchev–Trinajstić information content (AvgIpc) is 3.19. The number of nitrogen functional groups attached to an aromatic ring is 1. The van der Waals surface area contributed by atoms with E-state index < -0.39 is 22.8 Å². The Morgan fingerprint density at radius 3 is 2.76 bits per heavy atom. The number of carboxylic acid groups (broad SMARTS) is 1. The number of hydrogen-bond donors (Lipinski definition) is 3. The monoisotopic (exact) mass is 395 g/mol. The van der Waals surface area contributed by atoms with Crippen molar-refractivity contribution < 1.29 is 19.0 Å². The first-order valence-electron chi connectivity index (χ1n) is 9.43. The van der Waals surface area contributed by atoms with Crippen molar-refractivity contribution in [3.63, 3.8) is 0 Å². The molecular weight excluding hydrogens is 377 g/mol. The van der Waals surface area contributed by atoms with Gasteiger partial charge in [-0.1, -0.05) is 12.8 Å². The summed E-state index contributed by atoms with van der Waals surface area (Å²) in [5, 5.41) is 12.6. The van der Waals surface area contributed by atoms with Crippen molar-refractivity contribution in [2.75, 3.05) is 11.1 Å². The van der Waals surface area contributed by atoms with Gasteiger partial charge in [-0.15, -0.1) is 0 Å². The summed E-state index contributed by atoms with van der Waals surface area (Å²) in [5.74, 6) is -1.50. The summed E-state index contributed by atoms with van der Waals surface area (Å²) in [7, 11) is 0. The number of rotatable bonds is 3. The molecule has 0 spiro atoms. The van der Waals surface area contributed by atoms with Gasteiger partial charge in [0, 0.05) is 24.0 Å². The minimum atomic E-state index is -1.38. The third-order valence-corrected chi connectivity index (χ3v) is 5.58. The van der Waals surface area contributed by atoms with Crippen molar-refractivity contribution in [1.82, 2.24) is 4.57 Å². The third kappa shape index (κ3) is 2.63. The highest BCUT2D eigenvalue weighted by molar-refractivity contribution is 5.99. The number of benzene rings is 2. The number of pyridine rings is 1. The summed E-state index contributed by atoms with van der Waals surface area (Å²) in [4.78, 5) is 24.3. The minimum Gasteiger partial charge on any atom is -0.477 e. The van der Waals surface area contributed by atoms with Crippen LogP contribution in [0.25, 0.3) is 16.6 Å². The largest absolute Gasteiger partial charge is 0.477 e. The number of nitrogens with one attached hydrogen (secondary N) is 1. The molecule has 8 heteroatoms. The number of nitrogens with two attached hydrogens (primary N) is 1. The SMILES string of the molecule is Nc1ccc2c(c1)Oc1c(NC3CCCC3)c(F)cc3c(=O)c(C(=O)O)cn-2c13. The van der Waals surface area contributed by atoms with Crippen LogP contribution in [0.1, 0.15) is 36.0 Å². The second kappa shape index (κ2) is 6.23. The quantitative estimate of drug-likeness (QED) is 0.455. The van der Waals surface area contributed by atoms with Crippen LogP contribution in [0.4, 0.5) is 15.8 Å². The van der Waals surface area contributed by atoms with Gasteiger partial charge in [0.15, 0.2) is 17.3 Å². The van der Waals surface area contributed by atoms with Gasteiger partial charge < -0.3 is 25.5 Å². The van der Waals surface area contributed by atoms with Crippen LogP contribution >= 0.6 is 0 Å². The molecule has 7 nitrogen and oxygen atoms in total. The van der Waals surface area contributed by atoms with E-state index in [-0.39, 0.29) is 22.9 Å². The maximum Gasteiger partial charge on any atom is 0.341 e. The third-order valence-electron chi connectivity index (χ3n) is 5.58. The van der Waals surface area contributed by atoms with E-state index in [0.29, 0.717) is 22.6 Å². The summed E-state index contributed by atoms with van der Waals surface area (Å²) < 4.78 is 22.7. The van der Waals surface area contributed by atoms with Crippen molar-refractivity contribution in [3.05, 3.63) is 52.1 Å². The van der Waals surface area contributed by atoms with Crippen molar-refractivity contribution in [3.8, 4) is 17.2 Å². The topological polar surface area (TPSA) is 107 Å². The molecule has 4 N–H and O–H groups in total. The van der Waals surface area contributed by atoms with Crippen molar-refractivity contribution in [2.24, 2.45) is 0 Å². The lowest BCUT2D eigenvalue weighted by molar-refractivity contribution is 0.0695. The number of nitrogens with zero attached hydrogens (tertiary/aromatic N) is 1. The molecule has 3 aromatic rings. The predicted molar refractivity (Wildman–Crippen MR) is 107 cm³/mol. The Bertz CT molecular complexity index is 1250. The smallest absolute Gasteiger partial charge is 0.341 e. The summed E-state index contributed by atoms with van der Waals surface area (Å²) in [6, 6.07) is 6.12. The molecular formula is C21H18FN3O4. The fourth-order valence-electron chi connectivity index (χ4n) is 4.20. The van der Waals surface area contributed by atoms with E-state index in [1.165, 1.54) is 6.20 Å². The van der Waals surface area contributed by atoms with E-state index in [9.17, 15) is 14.7 Å².